The molecule has 1 aliphatic rings. The molecule has 0 amide bonds. The highest BCUT2D eigenvalue weighted by Gasteiger charge is 2.18. The Morgan fingerprint density at radius 2 is 1.94 bits per heavy atom. The van der Waals surface area contributed by atoms with Crippen LogP contribution in [0.5, 0.6) is 0 Å². The monoisotopic (exact) mass is 233 g/mol. The van der Waals surface area contributed by atoms with E-state index in [0.29, 0.717) is 0 Å². The van der Waals surface area contributed by atoms with Crippen LogP contribution in [0, 0.1) is 6.92 Å². The van der Waals surface area contributed by atoms with E-state index >= 15 is 0 Å². The molecule has 3 nitrogen and oxygen atoms in total. The Morgan fingerprint density at radius 1 is 1.29 bits per heavy atom. The number of nitrogens with one attached hydrogen (secondary N) is 1. The highest BCUT2D eigenvalue weighted by molar-refractivity contribution is 5.75. The highest BCUT2D eigenvalue weighted by Crippen LogP contribution is 2.20. The maximum absolute atomic E-state index is 11.6. The van der Waals surface area contributed by atoms with Gasteiger partial charge >= 0.3 is 5.97 Å². The van der Waals surface area contributed by atoms with Crippen molar-refractivity contribution in [2.75, 3.05) is 11.9 Å². The largest absolute Gasteiger partial charge is 0.461 e. The van der Waals surface area contributed by atoms with Crippen LogP contribution >= 0.6 is 0 Å². The number of carbonyl (C=O) groups excluding carboxylic acids is 1. The zero-order chi connectivity index (χ0) is 12.1. The van der Waals surface area contributed by atoms with Crippen LogP contribution < -0.4 is 5.32 Å². The Morgan fingerprint density at radius 3 is 2.59 bits per heavy atom. The first kappa shape index (κ1) is 12.0. The lowest BCUT2D eigenvalue weighted by Gasteiger charge is -2.12. The summed E-state index contributed by atoms with van der Waals surface area (Å²) in [6, 6.07) is 7.98. The number of aryl methyl sites for hydroxylation is 1. The molecule has 0 radical (unpaired) electrons. The third-order valence-corrected chi connectivity index (χ3v) is 3.09. The average Bonchev–Trinajstić information content (AvgIpc) is 2.81. The van der Waals surface area contributed by atoms with Gasteiger partial charge in [0.1, 0.15) is 12.6 Å². The molecular weight excluding hydrogens is 214 g/mol. The van der Waals surface area contributed by atoms with Crippen LogP contribution in [-0.2, 0) is 9.53 Å². The lowest BCUT2D eigenvalue weighted by atomic mass is 10.2. The average molecular weight is 233 g/mol. The van der Waals surface area contributed by atoms with Gasteiger partial charge in [-0.2, -0.15) is 0 Å². The Kier molecular flexibility index (Phi) is 4.02. The second kappa shape index (κ2) is 5.71. The molecule has 1 fully saturated rings. The molecule has 1 aliphatic carbocycles. The van der Waals surface area contributed by atoms with Crippen LogP contribution in [0.1, 0.15) is 31.2 Å². The van der Waals surface area contributed by atoms with Crippen molar-refractivity contribution in [3.8, 4) is 0 Å². The SMILES string of the molecule is Cc1ccc(NCC(=O)OC2CCCC2)cc1. The summed E-state index contributed by atoms with van der Waals surface area (Å²) in [5.74, 6) is -0.155. The molecule has 0 unspecified atom stereocenters. The molecule has 0 bridgehead atoms. The topological polar surface area (TPSA) is 38.3 Å². The van der Waals surface area contributed by atoms with E-state index in [1.807, 2.05) is 31.2 Å². The first-order chi connectivity index (χ1) is 8.24. The normalized spacial score (nSPS) is 15.8. The van der Waals surface area contributed by atoms with Crippen LogP contribution in [-0.4, -0.2) is 18.6 Å². The van der Waals surface area contributed by atoms with Gasteiger partial charge in [-0.3, -0.25) is 4.79 Å². The van der Waals surface area contributed by atoms with Gasteiger partial charge in [-0.1, -0.05) is 17.7 Å². The molecule has 2 rings (SSSR count). The third kappa shape index (κ3) is 3.77. The summed E-state index contributed by atoms with van der Waals surface area (Å²) in [7, 11) is 0. The maximum Gasteiger partial charge on any atom is 0.325 e. The molecule has 0 aliphatic heterocycles. The van der Waals surface area contributed by atoms with Crippen molar-refractivity contribution in [2.24, 2.45) is 0 Å². The van der Waals surface area contributed by atoms with Crippen molar-refractivity contribution >= 4 is 11.7 Å². The van der Waals surface area contributed by atoms with Crippen molar-refractivity contribution < 1.29 is 9.53 Å². The highest BCUT2D eigenvalue weighted by atomic mass is 16.5. The van der Waals surface area contributed by atoms with Gasteiger partial charge in [-0.05, 0) is 44.7 Å². The van der Waals surface area contributed by atoms with E-state index in [-0.39, 0.29) is 18.6 Å². The van der Waals surface area contributed by atoms with Crippen molar-refractivity contribution in [2.45, 2.75) is 38.7 Å². The maximum atomic E-state index is 11.6. The van der Waals surface area contributed by atoms with Crippen molar-refractivity contribution in [3.63, 3.8) is 0 Å². The van der Waals surface area contributed by atoms with Gasteiger partial charge < -0.3 is 10.1 Å². The standard InChI is InChI=1S/C14H19NO2/c1-11-6-8-12(9-7-11)15-10-14(16)17-13-4-2-3-5-13/h6-9,13,15H,2-5,10H2,1H3. The second-order valence-electron chi connectivity index (χ2n) is 4.62. The molecule has 1 aromatic rings. The summed E-state index contributed by atoms with van der Waals surface area (Å²) in [6.07, 6.45) is 4.57. The summed E-state index contributed by atoms with van der Waals surface area (Å²) >= 11 is 0. The number of rotatable bonds is 4. The van der Waals surface area contributed by atoms with E-state index in [9.17, 15) is 4.79 Å². The minimum absolute atomic E-state index is 0.155. The predicted molar refractivity (Wildman–Crippen MR) is 68.0 cm³/mol. The summed E-state index contributed by atoms with van der Waals surface area (Å²) < 4.78 is 5.36. The number of hydrogen-bond donors (Lipinski definition) is 1. The molecule has 0 heterocycles. The lowest BCUT2D eigenvalue weighted by Crippen LogP contribution is -2.21. The Labute approximate surface area is 102 Å². The summed E-state index contributed by atoms with van der Waals surface area (Å²) in [5.41, 5.74) is 2.17. The minimum atomic E-state index is -0.155. The molecule has 1 aromatic carbocycles. The number of carbonyl (C=O) groups is 1. The van der Waals surface area contributed by atoms with Crippen LogP contribution in [0.4, 0.5) is 5.69 Å². The van der Waals surface area contributed by atoms with Gasteiger partial charge in [0, 0.05) is 5.69 Å². The second-order valence-corrected chi connectivity index (χ2v) is 4.62. The number of ether oxygens (including phenoxy) is 1. The van der Waals surface area contributed by atoms with Crippen molar-refractivity contribution in [1.29, 1.82) is 0 Å². The van der Waals surface area contributed by atoms with Crippen LogP contribution in [0.15, 0.2) is 24.3 Å². The quantitative estimate of drug-likeness (QED) is 0.813. The zero-order valence-electron chi connectivity index (χ0n) is 10.2. The molecule has 0 aromatic heterocycles. The minimum Gasteiger partial charge on any atom is -0.461 e. The zero-order valence-corrected chi connectivity index (χ0v) is 10.2. The molecule has 92 valence electrons. The lowest BCUT2D eigenvalue weighted by molar-refractivity contribution is -0.146. The van der Waals surface area contributed by atoms with Gasteiger partial charge in [0.2, 0.25) is 0 Å². The summed E-state index contributed by atoms with van der Waals surface area (Å²) in [6.45, 7) is 2.29. The number of hydrogen-bond acceptors (Lipinski definition) is 3. The van der Waals surface area contributed by atoms with Crippen LogP contribution in [0.3, 0.4) is 0 Å². The molecule has 1 N–H and O–H groups in total. The van der Waals surface area contributed by atoms with Gasteiger partial charge in [-0.15, -0.1) is 0 Å². The molecule has 0 saturated heterocycles. The van der Waals surface area contributed by atoms with E-state index in [4.69, 9.17) is 4.74 Å². The van der Waals surface area contributed by atoms with Crippen LogP contribution in [0.2, 0.25) is 0 Å². The van der Waals surface area contributed by atoms with Gasteiger partial charge in [0.25, 0.3) is 0 Å². The van der Waals surface area contributed by atoms with E-state index in [2.05, 4.69) is 5.32 Å². The molecule has 0 atom stereocenters. The Bertz CT molecular complexity index is 366. The van der Waals surface area contributed by atoms with Crippen LogP contribution in [0.25, 0.3) is 0 Å². The van der Waals surface area contributed by atoms with E-state index in [0.717, 1.165) is 18.5 Å². The third-order valence-electron chi connectivity index (χ3n) is 3.09. The Hall–Kier alpha value is -1.51. The fourth-order valence-corrected chi connectivity index (χ4v) is 2.08. The van der Waals surface area contributed by atoms with Gasteiger partial charge in [-0.25, -0.2) is 0 Å². The molecule has 1 saturated carbocycles. The van der Waals surface area contributed by atoms with Crippen molar-refractivity contribution in [3.05, 3.63) is 29.8 Å². The fraction of sp³-hybridized carbons (Fsp3) is 0.500. The molecule has 3 heteroatoms. The molecule has 0 spiro atoms. The summed E-state index contributed by atoms with van der Waals surface area (Å²) in [5, 5.41) is 3.07. The van der Waals surface area contributed by atoms with E-state index in [1.54, 1.807) is 0 Å². The van der Waals surface area contributed by atoms with E-state index in [1.165, 1.54) is 18.4 Å². The molecule has 17 heavy (non-hydrogen) atoms. The Balaban J connectivity index is 1.73. The molecular formula is C14H19NO2. The van der Waals surface area contributed by atoms with Gasteiger partial charge in [0.15, 0.2) is 0 Å². The van der Waals surface area contributed by atoms with Gasteiger partial charge in [0.05, 0.1) is 0 Å². The fourth-order valence-electron chi connectivity index (χ4n) is 2.08. The number of benzene rings is 1. The smallest absolute Gasteiger partial charge is 0.325 e. The predicted octanol–water partition coefficient (Wildman–Crippen LogP) is 2.89. The number of esters is 1. The first-order valence-corrected chi connectivity index (χ1v) is 6.24. The van der Waals surface area contributed by atoms with Crippen molar-refractivity contribution in [1.82, 2.24) is 0 Å². The number of anilines is 1. The van der Waals surface area contributed by atoms with E-state index < -0.39 is 0 Å². The summed E-state index contributed by atoms with van der Waals surface area (Å²) in [4.78, 5) is 11.6. The first-order valence-electron chi connectivity index (χ1n) is 6.24.